The molecule has 6 nitrogen and oxygen atoms in total. The van der Waals surface area contributed by atoms with Gasteiger partial charge in [0.25, 0.3) is 0 Å². The summed E-state index contributed by atoms with van der Waals surface area (Å²) < 4.78 is 16.3. The Bertz CT molecular complexity index is 975. The van der Waals surface area contributed by atoms with Crippen LogP contribution in [0.5, 0.6) is 5.75 Å². The van der Waals surface area contributed by atoms with Crippen molar-refractivity contribution in [3.05, 3.63) is 65.7 Å². The molecular weight excluding hydrogens is 476 g/mol. The second-order valence-corrected chi connectivity index (χ2v) is 10.7. The molecule has 7 heteroatoms. The van der Waals surface area contributed by atoms with Gasteiger partial charge in [-0.25, -0.2) is 0 Å². The zero-order valence-corrected chi connectivity index (χ0v) is 22.6. The first-order valence-electron chi connectivity index (χ1n) is 12.3. The molecule has 0 aliphatic rings. The molecular formula is C29H38O6S. The highest BCUT2D eigenvalue weighted by atomic mass is 32.2. The quantitative estimate of drug-likeness (QED) is 0.208. The molecule has 1 unspecified atom stereocenters. The molecule has 0 aliphatic heterocycles. The van der Waals surface area contributed by atoms with Crippen LogP contribution < -0.4 is 4.74 Å². The summed E-state index contributed by atoms with van der Waals surface area (Å²) in [5, 5.41) is 0. The van der Waals surface area contributed by atoms with Crippen molar-refractivity contribution >= 4 is 30.0 Å². The SMILES string of the molecule is CCOC(=O)CSCC(C)(C)CCCC(C)(C(=O)OCc1ccccc1)c1cccc(OCC=O)c1. The van der Waals surface area contributed by atoms with Crippen LogP contribution in [0.1, 0.15) is 58.1 Å². The van der Waals surface area contributed by atoms with E-state index in [1.165, 1.54) is 0 Å². The van der Waals surface area contributed by atoms with Crippen LogP contribution in [0.25, 0.3) is 0 Å². The van der Waals surface area contributed by atoms with Crippen molar-refractivity contribution in [2.45, 2.75) is 59.0 Å². The van der Waals surface area contributed by atoms with Gasteiger partial charge in [-0.3, -0.25) is 14.4 Å². The van der Waals surface area contributed by atoms with E-state index in [0.717, 1.165) is 29.7 Å². The molecule has 0 fully saturated rings. The van der Waals surface area contributed by atoms with Gasteiger partial charge in [0.15, 0.2) is 6.29 Å². The maximum absolute atomic E-state index is 13.5. The molecule has 1 atom stereocenters. The number of carbonyl (C=O) groups excluding carboxylic acids is 3. The smallest absolute Gasteiger partial charge is 0.316 e. The molecule has 196 valence electrons. The Hall–Kier alpha value is -2.80. The van der Waals surface area contributed by atoms with Crippen LogP contribution in [0.2, 0.25) is 0 Å². The Morgan fingerprint density at radius 3 is 2.42 bits per heavy atom. The molecule has 0 radical (unpaired) electrons. The minimum atomic E-state index is -0.885. The topological polar surface area (TPSA) is 78.9 Å². The van der Waals surface area contributed by atoms with Crippen molar-refractivity contribution in [1.82, 2.24) is 0 Å². The number of benzene rings is 2. The first-order valence-corrected chi connectivity index (χ1v) is 13.5. The van der Waals surface area contributed by atoms with Crippen LogP contribution in [-0.2, 0) is 35.9 Å². The van der Waals surface area contributed by atoms with Crippen molar-refractivity contribution in [3.63, 3.8) is 0 Å². The van der Waals surface area contributed by atoms with E-state index in [1.807, 2.05) is 55.5 Å². The van der Waals surface area contributed by atoms with Crippen molar-refractivity contribution in [1.29, 1.82) is 0 Å². The first-order chi connectivity index (χ1) is 17.2. The summed E-state index contributed by atoms with van der Waals surface area (Å²) in [6, 6.07) is 16.9. The summed E-state index contributed by atoms with van der Waals surface area (Å²) in [5.41, 5.74) is 0.819. The largest absolute Gasteiger partial charge is 0.486 e. The highest BCUT2D eigenvalue weighted by Gasteiger charge is 2.37. The van der Waals surface area contributed by atoms with Crippen molar-refractivity contribution in [3.8, 4) is 5.75 Å². The van der Waals surface area contributed by atoms with Gasteiger partial charge < -0.3 is 14.2 Å². The lowest BCUT2D eigenvalue weighted by Crippen LogP contribution is -2.35. The number of carbonyl (C=O) groups is 3. The van der Waals surface area contributed by atoms with Gasteiger partial charge in [0.1, 0.15) is 19.0 Å². The van der Waals surface area contributed by atoms with Gasteiger partial charge in [-0.1, -0.05) is 62.7 Å². The molecule has 0 N–H and O–H groups in total. The van der Waals surface area contributed by atoms with E-state index in [9.17, 15) is 14.4 Å². The third-order valence-electron chi connectivity index (χ3n) is 6.00. The number of ether oxygens (including phenoxy) is 3. The minimum Gasteiger partial charge on any atom is -0.486 e. The van der Waals surface area contributed by atoms with Gasteiger partial charge in [0.2, 0.25) is 0 Å². The summed E-state index contributed by atoms with van der Waals surface area (Å²) in [6.07, 6.45) is 2.96. The summed E-state index contributed by atoms with van der Waals surface area (Å²) in [4.78, 5) is 35.8. The Morgan fingerprint density at radius 1 is 0.972 bits per heavy atom. The van der Waals surface area contributed by atoms with Gasteiger partial charge in [0, 0.05) is 0 Å². The summed E-state index contributed by atoms with van der Waals surface area (Å²) in [7, 11) is 0. The van der Waals surface area contributed by atoms with E-state index >= 15 is 0 Å². The third kappa shape index (κ3) is 9.69. The average molecular weight is 515 g/mol. The minimum absolute atomic E-state index is 0.0130. The predicted molar refractivity (Wildman–Crippen MR) is 143 cm³/mol. The van der Waals surface area contributed by atoms with E-state index in [1.54, 1.807) is 24.8 Å². The molecule has 0 saturated heterocycles. The maximum Gasteiger partial charge on any atom is 0.316 e. The molecule has 0 saturated carbocycles. The van der Waals surface area contributed by atoms with Crippen LogP contribution in [0.4, 0.5) is 0 Å². The van der Waals surface area contributed by atoms with E-state index in [2.05, 4.69) is 13.8 Å². The third-order valence-corrected chi connectivity index (χ3v) is 7.43. The van der Waals surface area contributed by atoms with E-state index < -0.39 is 5.41 Å². The first kappa shape index (κ1) is 29.4. The van der Waals surface area contributed by atoms with Crippen LogP contribution in [-0.4, -0.2) is 42.9 Å². The fourth-order valence-electron chi connectivity index (χ4n) is 3.91. The Balaban J connectivity index is 2.10. The number of aldehydes is 1. The maximum atomic E-state index is 13.5. The van der Waals surface area contributed by atoms with Gasteiger partial charge in [-0.2, -0.15) is 0 Å². The van der Waals surface area contributed by atoms with E-state index in [0.29, 0.717) is 30.8 Å². The van der Waals surface area contributed by atoms with E-state index in [-0.39, 0.29) is 30.6 Å². The Kier molecular flexibility index (Phi) is 12.0. The van der Waals surface area contributed by atoms with E-state index in [4.69, 9.17) is 14.2 Å². The Labute approximate surface area is 219 Å². The molecule has 2 aromatic carbocycles. The number of esters is 2. The fourth-order valence-corrected chi connectivity index (χ4v) is 4.96. The van der Waals surface area contributed by atoms with Crippen LogP contribution in [0.3, 0.4) is 0 Å². The number of thioether (sulfide) groups is 1. The number of rotatable bonds is 16. The molecule has 0 heterocycles. The molecule has 0 bridgehead atoms. The van der Waals surface area contributed by atoms with Gasteiger partial charge in [0.05, 0.1) is 17.8 Å². The van der Waals surface area contributed by atoms with Crippen molar-refractivity contribution in [2.24, 2.45) is 5.41 Å². The lowest BCUT2D eigenvalue weighted by molar-refractivity contribution is -0.152. The molecule has 0 amide bonds. The normalized spacial score (nSPS) is 12.9. The van der Waals surface area contributed by atoms with Gasteiger partial charge >= 0.3 is 11.9 Å². The molecule has 2 rings (SSSR count). The standard InChI is InChI=1S/C29H38O6S/c1-5-33-26(31)21-36-22-28(2,3)15-10-16-29(4,24-13-9-14-25(19-24)34-18-17-30)27(32)35-20-23-11-7-6-8-12-23/h6-9,11-14,17,19H,5,10,15-16,18,20-22H2,1-4H3. The summed E-state index contributed by atoms with van der Waals surface area (Å²) in [5.74, 6) is 1.21. The summed E-state index contributed by atoms with van der Waals surface area (Å²) >= 11 is 1.57. The summed E-state index contributed by atoms with van der Waals surface area (Å²) in [6.45, 7) is 8.60. The molecule has 36 heavy (non-hydrogen) atoms. The van der Waals surface area contributed by atoms with Crippen LogP contribution >= 0.6 is 11.8 Å². The molecule has 0 aromatic heterocycles. The molecule has 0 aliphatic carbocycles. The Morgan fingerprint density at radius 2 is 1.72 bits per heavy atom. The van der Waals surface area contributed by atoms with Crippen LogP contribution in [0.15, 0.2) is 54.6 Å². The lowest BCUT2D eigenvalue weighted by Gasteiger charge is -2.31. The van der Waals surface area contributed by atoms with Crippen molar-refractivity contribution in [2.75, 3.05) is 24.7 Å². The fraction of sp³-hybridized carbons (Fsp3) is 0.483. The zero-order chi connectivity index (χ0) is 26.4. The molecule has 0 spiro atoms. The van der Waals surface area contributed by atoms with Crippen molar-refractivity contribution < 1.29 is 28.6 Å². The zero-order valence-electron chi connectivity index (χ0n) is 21.8. The second kappa shape index (κ2) is 14.7. The second-order valence-electron chi connectivity index (χ2n) is 9.71. The number of hydrogen-bond acceptors (Lipinski definition) is 7. The predicted octanol–water partition coefficient (Wildman–Crippen LogP) is 5.76. The van der Waals surface area contributed by atoms with Gasteiger partial charge in [-0.15, -0.1) is 11.8 Å². The average Bonchev–Trinajstić information content (AvgIpc) is 2.86. The molecule has 2 aromatic rings. The van der Waals surface area contributed by atoms with Gasteiger partial charge in [-0.05, 0) is 61.1 Å². The monoisotopic (exact) mass is 514 g/mol. The highest BCUT2D eigenvalue weighted by molar-refractivity contribution is 7.99. The lowest BCUT2D eigenvalue weighted by atomic mass is 9.76. The number of hydrogen-bond donors (Lipinski definition) is 0. The van der Waals surface area contributed by atoms with Crippen LogP contribution in [0, 0.1) is 5.41 Å². The highest BCUT2D eigenvalue weighted by Crippen LogP contribution is 2.36.